The van der Waals surface area contributed by atoms with Gasteiger partial charge in [-0.25, -0.2) is 4.79 Å². The van der Waals surface area contributed by atoms with E-state index in [0.29, 0.717) is 42.9 Å². The molecular formula is C27H31ClN2O5. The van der Waals surface area contributed by atoms with Crippen LogP contribution >= 0.6 is 11.6 Å². The van der Waals surface area contributed by atoms with Crippen molar-refractivity contribution >= 4 is 29.4 Å². The molecule has 8 heteroatoms. The first-order valence-electron chi connectivity index (χ1n) is 11.5. The second-order valence-electron chi connectivity index (χ2n) is 7.69. The van der Waals surface area contributed by atoms with E-state index in [9.17, 15) is 14.4 Å². The van der Waals surface area contributed by atoms with Gasteiger partial charge in [-0.15, -0.1) is 0 Å². The zero-order chi connectivity index (χ0) is 25.5. The van der Waals surface area contributed by atoms with E-state index in [1.54, 1.807) is 18.2 Å². The van der Waals surface area contributed by atoms with Crippen LogP contribution in [-0.2, 0) is 25.8 Å². The van der Waals surface area contributed by atoms with Crippen molar-refractivity contribution in [3.8, 4) is 11.1 Å². The summed E-state index contributed by atoms with van der Waals surface area (Å²) in [6, 6.07) is 12.8. The minimum Gasteiger partial charge on any atom is -0.353 e. The van der Waals surface area contributed by atoms with E-state index in [0.717, 1.165) is 29.5 Å². The molecule has 0 spiro atoms. The highest BCUT2D eigenvalue weighted by atomic mass is 35.5. The standard InChI is InChI=1S/C27H31ClN2O5/c1-3-24(31)29-17-6-5-10-20-11-9-12-23(26(20)21-13-15-22(28)16-14-21)27(33)35-34-19-8-7-18-30-25(32)4-2/h3-4,9,11-16H,1-2,5-8,10,17-19H2,(H,29,31)(H,30,32). The Kier molecular flexibility index (Phi) is 12.3. The molecule has 0 heterocycles. The second kappa shape index (κ2) is 15.5. The van der Waals surface area contributed by atoms with E-state index >= 15 is 0 Å². The summed E-state index contributed by atoms with van der Waals surface area (Å²) in [5.74, 6) is -1.01. The molecule has 0 unspecified atom stereocenters. The Balaban J connectivity index is 2.02. The van der Waals surface area contributed by atoms with Crippen LogP contribution in [0.5, 0.6) is 0 Å². The maximum absolute atomic E-state index is 12.9. The van der Waals surface area contributed by atoms with Crippen LogP contribution in [0.1, 0.15) is 41.6 Å². The lowest BCUT2D eigenvalue weighted by atomic mass is 9.91. The van der Waals surface area contributed by atoms with E-state index in [1.165, 1.54) is 12.2 Å². The summed E-state index contributed by atoms with van der Waals surface area (Å²) < 4.78 is 0. The van der Waals surface area contributed by atoms with Gasteiger partial charge in [-0.2, -0.15) is 4.89 Å². The van der Waals surface area contributed by atoms with Crippen LogP contribution in [0.4, 0.5) is 0 Å². The number of hydrogen-bond donors (Lipinski definition) is 2. The molecule has 0 aliphatic rings. The number of halogens is 1. The summed E-state index contributed by atoms with van der Waals surface area (Å²) >= 11 is 6.06. The highest BCUT2D eigenvalue weighted by Crippen LogP contribution is 2.31. The molecule has 2 N–H and O–H groups in total. The number of hydrogen-bond acceptors (Lipinski definition) is 5. The van der Waals surface area contributed by atoms with Gasteiger partial charge in [-0.05, 0) is 79.1 Å². The summed E-state index contributed by atoms with van der Waals surface area (Å²) in [5.41, 5.74) is 2.98. The minimum atomic E-state index is -0.588. The second-order valence-corrected chi connectivity index (χ2v) is 8.13. The maximum atomic E-state index is 12.9. The topological polar surface area (TPSA) is 93.7 Å². The van der Waals surface area contributed by atoms with Crippen molar-refractivity contribution in [3.05, 3.63) is 83.9 Å². The number of carbonyl (C=O) groups excluding carboxylic acids is 3. The highest BCUT2D eigenvalue weighted by Gasteiger charge is 2.18. The molecule has 0 bridgehead atoms. The zero-order valence-corrected chi connectivity index (χ0v) is 20.4. The van der Waals surface area contributed by atoms with Crippen LogP contribution in [0.2, 0.25) is 5.02 Å². The number of rotatable bonds is 15. The molecule has 0 atom stereocenters. The number of aryl methyl sites for hydroxylation is 1. The van der Waals surface area contributed by atoms with Crippen LogP contribution in [0.3, 0.4) is 0 Å². The third-order valence-electron chi connectivity index (χ3n) is 5.13. The first-order valence-corrected chi connectivity index (χ1v) is 11.9. The molecule has 0 saturated heterocycles. The molecule has 0 fully saturated rings. The van der Waals surface area contributed by atoms with Crippen molar-refractivity contribution in [2.45, 2.75) is 32.1 Å². The van der Waals surface area contributed by atoms with Gasteiger partial charge in [0.05, 0.1) is 12.2 Å². The van der Waals surface area contributed by atoms with Crippen LogP contribution < -0.4 is 10.6 Å². The molecule has 0 radical (unpaired) electrons. The fourth-order valence-corrected chi connectivity index (χ4v) is 3.50. The first kappa shape index (κ1) is 27.8. The van der Waals surface area contributed by atoms with Crippen LogP contribution in [0.25, 0.3) is 11.1 Å². The molecule has 7 nitrogen and oxygen atoms in total. The Morgan fingerprint density at radius 3 is 2.11 bits per heavy atom. The number of unbranched alkanes of at least 4 members (excludes halogenated alkanes) is 2. The summed E-state index contributed by atoms with van der Waals surface area (Å²) in [6.45, 7) is 8.08. The van der Waals surface area contributed by atoms with Gasteiger partial charge in [0.2, 0.25) is 11.8 Å². The molecule has 0 aliphatic heterocycles. The smallest absolute Gasteiger partial charge is 0.353 e. The largest absolute Gasteiger partial charge is 0.373 e. The van der Waals surface area contributed by atoms with Crippen LogP contribution in [0, 0.1) is 0 Å². The molecule has 2 aromatic carbocycles. The Bertz CT molecular complexity index is 1020. The molecule has 2 rings (SSSR count). The fraction of sp³-hybridized carbons (Fsp3) is 0.296. The third kappa shape index (κ3) is 9.76. The number of nitrogens with one attached hydrogen (secondary N) is 2. The average molecular weight is 499 g/mol. The van der Waals surface area contributed by atoms with Crippen molar-refractivity contribution in [2.75, 3.05) is 19.7 Å². The van der Waals surface area contributed by atoms with E-state index in [-0.39, 0.29) is 18.4 Å². The lowest BCUT2D eigenvalue weighted by molar-refractivity contribution is -0.241. The predicted molar refractivity (Wildman–Crippen MR) is 137 cm³/mol. The Morgan fingerprint density at radius 1 is 0.857 bits per heavy atom. The number of amides is 2. The van der Waals surface area contributed by atoms with Gasteiger partial charge < -0.3 is 10.6 Å². The van der Waals surface area contributed by atoms with Crippen LogP contribution in [0.15, 0.2) is 67.8 Å². The Morgan fingerprint density at radius 2 is 1.49 bits per heavy atom. The normalized spacial score (nSPS) is 10.3. The van der Waals surface area contributed by atoms with Gasteiger partial charge in [0.15, 0.2) is 0 Å². The monoisotopic (exact) mass is 498 g/mol. The zero-order valence-electron chi connectivity index (χ0n) is 19.7. The fourth-order valence-electron chi connectivity index (χ4n) is 3.37. The third-order valence-corrected chi connectivity index (χ3v) is 5.39. The Hall–Kier alpha value is -3.42. The maximum Gasteiger partial charge on any atom is 0.373 e. The molecule has 0 aliphatic carbocycles. The molecule has 0 aromatic heterocycles. The molecule has 0 saturated carbocycles. The SMILES string of the molecule is C=CC(=O)NCCCCOOC(=O)c1cccc(CCCCNC(=O)C=C)c1-c1ccc(Cl)cc1. The molecule has 2 amide bonds. The minimum absolute atomic E-state index is 0.196. The van der Waals surface area contributed by atoms with Gasteiger partial charge in [-0.3, -0.25) is 14.5 Å². The van der Waals surface area contributed by atoms with Crippen molar-refractivity contribution in [3.63, 3.8) is 0 Å². The quantitative estimate of drug-likeness (QED) is 0.159. The molecule has 35 heavy (non-hydrogen) atoms. The molecular weight excluding hydrogens is 468 g/mol. The van der Waals surface area contributed by atoms with E-state index < -0.39 is 5.97 Å². The van der Waals surface area contributed by atoms with Gasteiger partial charge in [-0.1, -0.05) is 49.0 Å². The lowest BCUT2D eigenvalue weighted by Gasteiger charge is -2.15. The summed E-state index contributed by atoms with van der Waals surface area (Å²) in [6.07, 6.45) is 6.05. The van der Waals surface area contributed by atoms with Crippen LogP contribution in [-0.4, -0.2) is 37.5 Å². The first-order chi connectivity index (χ1) is 17.0. The molecule has 2 aromatic rings. The number of benzene rings is 2. The van der Waals surface area contributed by atoms with E-state index in [2.05, 4.69) is 23.8 Å². The van der Waals surface area contributed by atoms with Crippen molar-refractivity contribution in [2.24, 2.45) is 0 Å². The van der Waals surface area contributed by atoms with E-state index in [4.69, 9.17) is 21.4 Å². The van der Waals surface area contributed by atoms with Gasteiger partial charge in [0, 0.05) is 18.1 Å². The van der Waals surface area contributed by atoms with E-state index in [1.807, 2.05) is 24.3 Å². The lowest BCUT2D eigenvalue weighted by Crippen LogP contribution is -2.22. The van der Waals surface area contributed by atoms with Crippen molar-refractivity contribution in [1.82, 2.24) is 10.6 Å². The average Bonchev–Trinajstić information content (AvgIpc) is 2.87. The highest BCUT2D eigenvalue weighted by molar-refractivity contribution is 6.30. The predicted octanol–water partition coefficient (Wildman–Crippen LogP) is 4.80. The summed E-state index contributed by atoms with van der Waals surface area (Å²) in [7, 11) is 0. The molecule has 186 valence electrons. The van der Waals surface area contributed by atoms with Crippen molar-refractivity contribution < 1.29 is 24.2 Å². The Labute approximate surface area is 211 Å². The van der Waals surface area contributed by atoms with Gasteiger partial charge >= 0.3 is 5.97 Å². The van der Waals surface area contributed by atoms with Crippen molar-refractivity contribution in [1.29, 1.82) is 0 Å². The summed E-state index contributed by atoms with van der Waals surface area (Å²) in [4.78, 5) is 45.5. The number of carbonyl (C=O) groups is 3. The van der Waals surface area contributed by atoms with Gasteiger partial charge in [0.1, 0.15) is 0 Å². The van der Waals surface area contributed by atoms with Gasteiger partial charge in [0.25, 0.3) is 0 Å². The summed E-state index contributed by atoms with van der Waals surface area (Å²) in [5, 5.41) is 6.03.